The predicted octanol–water partition coefficient (Wildman–Crippen LogP) is 4.44. The fourth-order valence-electron chi connectivity index (χ4n) is 3.51. The zero-order chi connectivity index (χ0) is 24.9. The van der Waals surface area contributed by atoms with Gasteiger partial charge in [-0.05, 0) is 38.1 Å². The molecule has 1 aromatic heterocycles. The van der Waals surface area contributed by atoms with Gasteiger partial charge in [-0.3, -0.25) is 25.2 Å². The highest BCUT2D eigenvalue weighted by Gasteiger charge is 2.20. The third-order valence-corrected chi connectivity index (χ3v) is 5.80. The number of hydrogen-bond donors (Lipinski definition) is 3. The van der Waals surface area contributed by atoms with Crippen molar-refractivity contribution in [2.45, 2.75) is 19.9 Å². The Hall–Kier alpha value is -4.23. The van der Waals surface area contributed by atoms with Crippen LogP contribution in [0.4, 0.5) is 0 Å². The average Bonchev–Trinajstić information content (AvgIpc) is 2.87. The van der Waals surface area contributed by atoms with E-state index in [0.29, 0.717) is 22.2 Å². The molecule has 3 aromatic carbocycles. The van der Waals surface area contributed by atoms with E-state index in [1.807, 2.05) is 49.4 Å². The first-order valence-electron chi connectivity index (χ1n) is 11.0. The molecule has 0 aliphatic heterocycles. The quantitative estimate of drug-likeness (QED) is 0.363. The van der Waals surface area contributed by atoms with E-state index in [1.165, 1.54) is 6.92 Å². The molecule has 0 saturated carbocycles. The summed E-state index contributed by atoms with van der Waals surface area (Å²) >= 11 is 6.04. The van der Waals surface area contributed by atoms with Crippen LogP contribution in [0.1, 0.15) is 33.2 Å². The summed E-state index contributed by atoms with van der Waals surface area (Å²) in [5.41, 5.74) is 8.71. The summed E-state index contributed by atoms with van der Waals surface area (Å²) in [5.74, 6) is -1.58. The molecule has 1 heterocycles. The van der Waals surface area contributed by atoms with Crippen molar-refractivity contribution in [2.75, 3.05) is 0 Å². The van der Waals surface area contributed by atoms with Crippen LogP contribution in [0.25, 0.3) is 22.2 Å². The number of carbonyl (C=O) groups is 3. The molecule has 4 aromatic rings. The second kappa shape index (κ2) is 10.4. The second-order valence-corrected chi connectivity index (χ2v) is 8.46. The van der Waals surface area contributed by atoms with E-state index in [-0.39, 0.29) is 10.6 Å². The van der Waals surface area contributed by atoms with Crippen LogP contribution >= 0.6 is 11.6 Å². The Kier molecular flexibility index (Phi) is 7.08. The average molecular weight is 487 g/mol. The van der Waals surface area contributed by atoms with Crippen LogP contribution in [-0.4, -0.2) is 28.7 Å². The molecule has 8 heteroatoms. The van der Waals surface area contributed by atoms with Gasteiger partial charge in [-0.15, -0.1) is 0 Å². The van der Waals surface area contributed by atoms with Crippen LogP contribution in [0.5, 0.6) is 0 Å². The van der Waals surface area contributed by atoms with E-state index in [2.05, 4.69) is 21.2 Å². The van der Waals surface area contributed by atoms with Crippen LogP contribution in [0.2, 0.25) is 5.02 Å². The van der Waals surface area contributed by atoms with Gasteiger partial charge in [0.05, 0.1) is 27.4 Å². The standard InChI is InChI=1S/C27H23ClN4O3/c1-16-11-13-18(14-12-16)24-15-21(19-7-4-6-10-23(19)30-24)27(35)32-31-25(33)17(2)29-26(34)20-8-3-5-9-22(20)28/h3-15,17H,1-2H3,(H,29,34)(H,31,33)(H,32,35)/t17-/m0/s1. The second-order valence-electron chi connectivity index (χ2n) is 8.06. The molecule has 0 spiro atoms. The van der Waals surface area contributed by atoms with Crippen molar-refractivity contribution in [3.05, 3.63) is 101 Å². The van der Waals surface area contributed by atoms with E-state index >= 15 is 0 Å². The molecule has 0 saturated heterocycles. The van der Waals surface area contributed by atoms with Crippen LogP contribution < -0.4 is 16.2 Å². The first-order chi connectivity index (χ1) is 16.8. The topological polar surface area (TPSA) is 100 Å². The molecule has 0 fully saturated rings. The number of halogens is 1. The Bertz CT molecular complexity index is 1420. The van der Waals surface area contributed by atoms with Crippen molar-refractivity contribution in [1.29, 1.82) is 0 Å². The molecule has 176 valence electrons. The van der Waals surface area contributed by atoms with Gasteiger partial charge in [-0.1, -0.05) is 71.8 Å². The molecule has 0 aliphatic rings. The number of para-hydroxylation sites is 1. The van der Waals surface area contributed by atoms with Gasteiger partial charge in [-0.2, -0.15) is 0 Å². The molecule has 4 rings (SSSR count). The summed E-state index contributed by atoms with van der Waals surface area (Å²) in [6.45, 7) is 3.50. The highest BCUT2D eigenvalue weighted by molar-refractivity contribution is 6.33. The number of rotatable bonds is 5. The number of hydrogen-bond acceptors (Lipinski definition) is 4. The van der Waals surface area contributed by atoms with Crippen LogP contribution in [-0.2, 0) is 4.79 Å². The van der Waals surface area contributed by atoms with Gasteiger partial charge in [0.1, 0.15) is 6.04 Å². The Morgan fingerprint density at radius 3 is 2.26 bits per heavy atom. The van der Waals surface area contributed by atoms with Gasteiger partial charge in [0, 0.05) is 10.9 Å². The molecule has 0 bridgehead atoms. The Labute approximate surface area is 207 Å². The number of nitrogens with zero attached hydrogens (tertiary/aromatic N) is 1. The largest absolute Gasteiger partial charge is 0.340 e. The molecule has 0 aliphatic carbocycles. The van der Waals surface area contributed by atoms with E-state index in [4.69, 9.17) is 11.6 Å². The third-order valence-electron chi connectivity index (χ3n) is 5.47. The number of aromatic nitrogens is 1. The number of amides is 3. The SMILES string of the molecule is Cc1ccc(-c2cc(C(=O)NNC(=O)[C@H](C)NC(=O)c3ccccc3Cl)c3ccccc3n2)cc1. The molecule has 0 radical (unpaired) electrons. The lowest BCUT2D eigenvalue weighted by atomic mass is 10.0. The summed E-state index contributed by atoms with van der Waals surface area (Å²) < 4.78 is 0. The first-order valence-corrected chi connectivity index (χ1v) is 11.3. The van der Waals surface area contributed by atoms with Crippen molar-refractivity contribution >= 4 is 40.2 Å². The third kappa shape index (κ3) is 5.47. The lowest BCUT2D eigenvalue weighted by Gasteiger charge is -2.16. The number of fused-ring (bicyclic) bond motifs is 1. The minimum absolute atomic E-state index is 0.254. The monoisotopic (exact) mass is 486 g/mol. The molecular formula is C27H23ClN4O3. The van der Waals surface area contributed by atoms with Crippen molar-refractivity contribution in [1.82, 2.24) is 21.2 Å². The number of nitrogens with one attached hydrogen (secondary N) is 3. The lowest BCUT2D eigenvalue weighted by Crippen LogP contribution is -2.51. The zero-order valence-electron chi connectivity index (χ0n) is 19.1. The van der Waals surface area contributed by atoms with Gasteiger partial charge in [-0.25, -0.2) is 4.98 Å². The van der Waals surface area contributed by atoms with Crippen LogP contribution in [0.3, 0.4) is 0 Å². The molecule has 3 amide bonds. The minimum atomic E-state index is -0.920. The fraction of sp³-hybridized carbons (Fsp3) is 0.111. The lowest BCUT2D eigenvalue weighted by molar-refractivity contribution is -0.123. The summed E-state index contributed by atoms with van der Waals surface area (Å²) in [5, 5.41) is 3.49. The Morgan fingerprint density at radius 2 is 1.51 bits per heavy atom. The van der Waals surface area contributed by atoms with Crippen molar-refractivity contribution < 1.29 is 14.4 Å². The fourth-order valence-corrected chi connectivity index (χ4v) is 3.74. The van der Waals surface area contributed by atoms with Crippen LogP contribution in [0, 0.1) is 6.92 Å². The molecule has 35 heavy (non-hydrogen) atoms. The van der Waals surface area contributed by atoms with E-state index in [1.54, 1.807) is 36.4 Å². The van der Waals surface area contributed by atoms with Gasteiger partial charge in [0.2, 0.25) is 0 Å². The minimum Gasteiger partial charge on any atom is -0.340 e. The predicted molar refractivity (Wildman–Crippen MR) is 136 cm³/mol. The number of pyridine rings is 1. The number of aryl methyl sites for hydroxylation is 1. The van der Waals surface area contributed by atoms with Gasteiger partial charge >= 0.3 is 0 Å². The van der Waals surface area contributed by atoms with Crippen LogP contribution in [0.15, 0.2) is 78.9 Å². The maximum Gasteiger partial charge on any atom is 0.270 e. The van der Waals surface area contributed by atoms with E-state index < -0.39 is 23.8 Å². The molecule has 7 nitrogen and oxygen atoms in total. The van der Waals surface area contributed by atoms with Crippen molar-refractivity contribution in [3.63, 3.8) is 0 Å². The Balaban J connectivity index is 1.49. The smallest absolute Gasteiger partial charge is 0.270 e. The van der Waals surface area contributed by atoms with E-state index in [9.17, 15) is 14.4 Å². The van der Waals surface area contributed by atoms with Gasteiger partial charge < -0.3 is 5.32 Å². The maximum absolute atomic E-state index is 13.1. The van der Waals surface area contributed by atoms with Gasteiger partial charge in [0.15, 0.2) is 0 Å². The first kappa shape index (κ1) is 23.9. The normalized spacial score (nSPS) is 11.5. The highest BCUT2D eigenvalue weighted by atomic mass is 35.5. The summed E-state index contributed by atoms with van der Waals surface area (Å²) in [6.07, 6.45) is 0. The number of benzene rings is 3. The molecule has 3 N–H and O–H groups in total. The summed E-state index contributed by atoms with van der Waals surface area (Å²) in [6, 6.07) is 22.4. The van der Waals surface area contributed by atoms with Crippen molar-refractivity contribution in [2.24, 2.45) is 0 Å². The Morgan fingerprint density at radius 1 is 0.829 bits per heavy atom. The maximum atomic E-state index is 13.1. The zero-order valence-corrected chi connectivity index (χ0v) is 19.9. The molecular weight excluding hydrogens is 464 g/mol. The number of carbonyl (C=O) groups excluding carboxylic acids is 3. The van der Waals surface area contributed by atoms with Gasteiger partial charge in [0.25, 0.3) is 17.7 Å². The summed E-state index contributed by atoms with van der Waals surface area (Å²) in [7, 11) is 0. The van der Waals surface area contributed by atoms with E-state index in [0.717, 1.165) is 11.1 Å². The number of hydrazine groups is 1. The van der Waals surface area contributed by atoms with Crippen molar-refractivity contribution in [3.8, 4) is 11.3 Å². The molecule has 0 unspecified atom stereocenters. The summed E-state index contributed by atoms with van der Waals surface area (Å²) in [4.78, 5) is 42.7. The highest BCUT2D eigenvalue weighted by Crippen LogP contribution is 2.25. The molecule has 1 atom stereocenters.